The Bertz CT molecular complexity index is 516. The van der Waals surface area contributed by atoms with Gasteiger partial charge in [-0.05, 0) is 43.9 Å². The van der Waals surface area contributed by atoms with Crippen molar-refractivity contribution >= 4 is 11.6 Å². The van der Waals surface area contributed by atoms with E-state index in [1.54, 1.807) is 0 Å². The number of piperidine rings is 1. The third kappa shape index (κ3) is 4.15. The zero-order valence-corrected chi connectivity index (χ0v) is 12.6. The second-order valence-electron chi connectivity index (χ2n) is 5.58. The first-order valence-electron chi connectivity index (χ1n) is 7.62. The Balaban J connectivity index is 1.96. The van der Waals surface area contributed by atoms with Gasteiger partial charge in [0.2, 0.25) is 5.91 Å². The number of carbonyl (C=O) groups excluding carboxylic acids is 1. The Kier molecular flexibility index (Phi) is 5.32. The number of hydrogen-bond donors (Lipinski definition) is 1. The topological polar surface area (TPSA) is 32.3 Å². The van der Waals surface area contributed by atoms with Gasteiger partial charge in [0.05, 0.1) is 12.1 Å². The third-order valence-electron chi connectivity index (χ3n) is 4.05. The number of nitrogens with one attached hydrogen (secondary N) is 1. The molecule has 1 fully saturated rings. The molecule has 122 valence electrons. The predicted molar refractivity (Wildman–Crippen MR) is 79.6 cm³/mol. The molecule has 1 amide bonds. The summed E-state index contributed by atoms with van der Waals surface area (Å²) in [6.07, 6.45) is -0.335. The van der Waals surface area contributed by atoms with E-state index < -0.39 is 11.7 Å². The van der Waals surface area contributed by atoms with Crippen LogP contribution in [0.1, 0.15) is 38.2 Å². The van der Waals surface area contributed by atoms with Gasteiger partial charge in [0.15, 0.2) is 0 Å². The number of anilines is 1. The van der Waals surface area contributed by atoms with E-state index in [0.717, 1.165) is 44.4 Å². The smallest absolute Gasteiger partial charge is 0.376 e. The van der Waals surface area contributed by atoms with E-state index in [2.05, 4.69) is 12.2 Å². The van der Waals surface area contributed by atoms with Crippen molar-refractivity contribution < 1.29 is 18.0 Å². The van der Waals surface area contributed by atoms with Gasteiger partial charge < -0.3 is 10.2 Å². The first-order valence-corrected chi connectivity index (χ1v) is 7.62. The number of benzene rings is 1. The van der Waals surface area contributed by atoms with Crippen LogP contribution in [0.15, 0.2) is 24.3 Å². The zero-order chi connectivity index (χ0) is 16.2. The molecule has 1 aromatic carbocycles. The summed E-state index contributed by atoms with van der Waals surface area (Å²) in [5.74, 6) is -0.0519. The van der Waals surface area contributed by atoms with Crippen molar-refractivity contribution in [2.75, 3.05) is 18.4 Å². The van der Waals surface area contributed by atoms with Crippen LogP contribution in [-0.4, -0.2) is 29.9 Å². The third-order valence-corrected chi connectivity index (χ3v) is 4.05. The number of carbonyl (C=O) groups is 1. The molecule has 0 bridgehead atoms. The number of alkyl halides is 3. The molecule has 1 atom stereocenters. The average Bonchev–Trinajstić information content (AvgIpc) is 2.52. The van der Waals surface area contributed by atoms with Gasteiger partial charge in [-0.15, -0.1) is 0 Å². The van der Waals surface area contributed by atoms with Crippen LogP contribution in [0.3, 0.4) is 0 Å². The molecule has 1 aliphatic rings. The standard InChI is InChI=1S/C16H21F3N2O/c1-2-14-8-3-4-9-21(14)15(22)11-20-13-7-5-6-12(10-13)16(17,18)19/h5-7,10,14,20H,2-4,8-9,11H2,1H3. The Morgan fingerprint density at radius 1 is 1.36 bits per heavy atom. The lowest BCUT2D eigenvalue weighted by atomic mass is 10.00. The van der Waals surface area contributed by atoms with Gasteiger partial charge in [-0.1, -0.05) is 13.0 Å². The van der Waals surface area contributed by atoms with Crippen molar-refractivity contribution in [2.45, 2.75) is 44.8 Å². The van der Waals surface area contributed by atoms with E-state index in [4.69, 9.17) is 0 Å². The van der Waals surface area contributed by atoms with E-state index >= 15 is 0 Å². The number of hydrogen-bond acceptors (Lipinski definition) is 2. The van der Waals surface area contributed by atoms with Crippen molar-refractivity contribution in [2.24, 2.45) is 0 Å². The zero-order valence-electron chi connectivity index (χ0n) is 12.6. The van der Waals surface area contributed by atoms with Crippen LogP contribution in [0.2, 0.25) is 0 Å². The fraction of sp³-hybridized carbons (Fsp3) is 0.562. The van der Waals surface area contributed by atoms with Crippen LogP contribution in [0.5, 0.6) is 0 Å². The molecule has 22 heavy (non-hydrogen) atoms. The van der Waals surface area contributed by atoms with E-state index in [0.29, 0.717) is 5.69 Å². The summed E-state index contributed by atoms with van der Waals surface area (Å²) in [6.45, 7) is 2.82. The number of likely N-dealkylation sites (tertiary alicyclic amines) is 1. The van der Waals surface area contributed by atoms with Crippen molar-refractivity contribution in [3.63, 3.8) is 0 Å². The number of nitrogens with zero attached hydrogens (tertiary/aromatic N) is 1. The largest absolute Gasteiger partial charge is 0.416 e. The highest BCUT2D eigenvalue weighted by Crippen LogP contribution is 2.30. The molecular formula is C16H21F3N2O. The van der Waals surface area contributed by atoms with Gasteiger partial charge in [-0.25, -0.2) is 0 Å². The minimum absolute atomic E-state index is 0.0256. The summed E-state index contributed by atoms with van der Waals surface area (Å²) >= 11 is 0. The van der Waals surface area contributed by atoms with E-state index in [-0.39, 0.29) is 18.5 Å². The van der Waals surface area contributed by atoms with Crippen LogP contribution < -0.4 is 5.32 Å². The molecule has 0 radical (unpaired) electrons. The number of halogens is 3. The van der Waals surface area contributed by atoms with Crippen LogP contribution in [-0.2, 0) is 11.0 Å². The molecule has 1 saturated heterocycles. The minimum Gasteiger partial charge on any atom is -0.376 e. The maximum absolute atomic E-state index is 12.7. The maximum Gasteiger partial charge on any atom is 0.416 e. The Morgan fingerprint density at radius 2 is 2.14 bits per heavy atom. The maximum atomic E-state index is 12.7. The van der Waals surface area contributed by atoms with Gasteiger partial charge in [-0.2, -0.15) is 13.2 Å². The van der Waals surface area contributed by atoms with Crippen molar-refractivity contribution in [3.8, 4) is 0 Å². The SMILES string of the molecule is CCC1CCCCN1C(=O)CNc1cccc(C(F)(F)F)c1. The summed E-state index contributed by atoms with van der Waals surface area (Å²) in [4.78, 5) is 14.1. The van der Waals surface area contributed by atoms with Gasteiger partial charge in [-0.3, -0.25) is 4.79 Å². The lowest BCUT2D eigenvalue weighted by Crippen LogP contribution is -2.45. The highest BCUT2D eigenvalue weighted by atomic mass is 19.4. The lowest BCUT2D eigenvalue weighted by Gasteiger charge is -2.35. The van der Waals surface area contributed by atoms with Crippen molar-refractivity contribution in [1.29, 1.82) is 0 Å². The first-order chi connectivity index (χ1) is 10.4. The molecule has 1 N–H and O–H groups in total. The van der Waals surface area contributed by atoms with Gasteiger partial charge in [0, 0.05) is 18.3 Å². The van der Waals surface area contributed by atoms with E-state index in [9.17, 15) is 18.0 Å². The molecule has 1 aromatic rings. The van der Waals surface area contributed by atoms with Crippen LogP contribution in [0.25, 0.3) is 0 Å². The molecular weight excluding hydrogens is 293 g/mol. The Labute approximate surface area is 128 Å². The summed E-state index contributed by atoms with van der Waals surface area (Å²) in [6, 6.07) is 5.18. The quantitative estimate of drug-likeness (QED) is 0.914. The molecule has 3 nitrogen and oxygen atoms in total. The summed E-state index contributed by atoms with van der Waals surface area (Å²) in [7, 11) is 0. The number of amides is 1. The average molecular weight is 314 g/mol. The summed E-state index contributed by atoms with van der Waals surface area (Å²) in [5.41, 5.74) is -0.400. The fourth-order valence-corrected chi connectivity index (χ4v) is 2.84. The number of rotatable bonds is 4. The molecule has 0 aliphatic carbocycles. The van der Waals surface area contributed by atoms with E-state index in [1.807, 2.05) is 4.90 Å². The fourth-order valence-electron chi connectivity index (χ4n) is 2.84. The Morgan fingerprint density at radius 3 is 2.82 bits per heavy atom. The van der Waals surface area contributed by atoms with Crippen LogP contribution in [0, 0.1) is 0 Å². The predicted octanol–water partition coefficient (Wildman–Crippen LogP) is 3.91. The first kappa shape index (κ1) is 16.6. The van der Waals surface area contributed by atoms with Gasteiger partial charge >= 0.3 is 6.18 Å². The highest BCUT2D eigenvalue weighted by Gasteiger charge is 2.30. The van der Waals surface area contributed by atoms with Crippen molar-refractivity contribution in [1.82, 2.24) is 4.90 Å². The van der Waals surface area contributed by atoms with Gasteiger partial charge in [0.25, 0.3) is 0 Å². The molecule has 2 rings (SSSR count). The van der Waals surface area contributed by atoms with Crippen LogP contribution in [0.4, 0.5) is 18.9 Å². The van der Waals surface area contributed by atoms with Gasteiger partial charge in [0.1, 0.15) is 0 Å². The summed E-state index contributed by atoms with van der Waals surface area (Å²) < 4.78 is 38.0. The van der Waals surface area contributed by atoms with Crippen molar-refractivity contribution in [3.05, 3.63) is 29.8 Å². The molecule has 1 heterocycles. The molecule has 1 unspecified atom stereocenters. The molecule has 0 spiro atoms. The molecule has 0 aromatic heterocycles. The Hall–Kier alpha value is -1.72. The molecule has 0 saturated carbocycles. The molecule has 6 heteroatoms. The summed E-state index contributed by atoms with van der Waals surface area (Å²) in [5, 5.41) is 2.81. The minimum atomic E-state index is -4.37. The normalized spacial score (nSPS) is 19.1. The second-order valence-corrected chi connectivity index (χ2v) is 5.58. The highest BCUT2D eigenvalue weighted by molar-refractivity contribution is 5.81. The monoisotopic (exact) mass is 314 g/mol. The lowest BCUT2D eigenvalue weighted by molar-refractivity contribution is -0.137. The van der Waals surface area contributed by atoms with E-state index in [1.165, 1.54) is 12.1 Å². The second kappa shape index (κ2) is 7.03. The van der Waals surface area contributed by atoms with Crippen LogP contribution >= 0.6 is 0 Å². The molecule has 1 aliphatic heterocycles.